The van der Waals surface area contributed by atoms with Crippen LogP contribution in [0.15, 0.2) is 84.9 Å². The van der Waals surface area contributed by atoms with E-state index in [0.29, 0.717) is 11.8 Å². The van der Waals surface area contributed by atoms with Gasteiger partial charge in [-0.3, -0.25) is 0 Å². The molecule has 2 atom stereocenters. The summed E-state index contributed by atoms with van der Waals surface area (Å²) in [5, 5.41) is 5.55. The van der Waals surface area contributed by atoms with Crippen LogP contribution >= 0.6 is 17.0 Å². The van der Waals surface area contributed by atoms with Crippen molar-refractivity contribution >= 4 is 48.1 Å². The Labute approximate surface area is 401 Å². The zero-order chi connectivity index (χ0) is 47.1. The van der Waals surface area contributed by atoms with Crippen LogP contribution in [0.2, 0.25) is 13.1 Å². The zero-order valence-corrected chi connectivity index (χ0v) is 47.4. The summed E-state index contributed by atoms with van der Waals surface area (Å²) < 4.78 is 0. The predicted molar refractivity (Wildman–Crippen MR) is 281 cm³/mol. The standard InChI is InChI=1S/2C28H37.C2H6Si.2ClH.Zr/c2*1-10-18(2)21-13-20-12-11-19(3)26(25(20)16-21)22-14-23(27(4,5)6)17-24(15-22)28(7,8)9;1-3-2;;;/h2*11-18H,10H2,1-9H3;1-2H3;2*1H;/q2*-1;;;;+4/p-2. The first-order valence-electron chi connectivity index (χ1n) is 22.9. The van der Waals surface area contributed by atoms with Crippen LogP contribution in [-0.2, 0) is 42.5 Å². The first-order valence-corrected chi connectivity index (χ1v) is 31.3. The van der Waals surface area contributed by atoms with E-state index < -0.39 is 20.8 Å². The summed E-state index contributed by atoms with van der Waals surface area (Å²) >= 11 is -0.826. The zero-order valence-electron chi connectivity index (χ0n) is 42.4. The second-order valence-corrected chi connectivity index (χ2v) is 26.6. The van der Waals surface area contributed by atoms with Crippen molar-refractivity contribution in [2.45, 2.75) is 184 Å². The topological polar surface area (TPSA) is 0 Å². The van der Waals surface area contributed by atoms with Gasteiger partial charge in [-0.1, -0.05) is 195 Å². The molecule has 4 heteroatoms. The van der Waals surface area contributed by atoms with Gasteiger partial charge in [-0.15, -0.1) is 69.1 Å². The van der Waals surface area contributed by atoms with E-state index in [2.05, 4.69) is 223 Å². The molecule has 0 saturated carbocycles. The van der Waals surface area contributed by atoms with Gasteiger partial charge in [-0.2, -0.15) is 12.1 Å². The van der Waals surface area contributed by atoms with E-state index in [1.807, 2.05) is 0 Å². The van der Waals surface area contributed by atoms with Crippen LogP contribution < -0.4 is 0 Å². The summed E-state index contributed by atoms with van der Waals surface area (Å²) in [5.74, 6) is 1.21. The molecule has 0 fully saturated rings. The van der Waals surface area contributed by atoms with E-state index in [1.165, 1.54) is 101 Å². The Balaban J connectivity index is 0.000000293. The summed E-state index contributed by atoms with van der Waals surface area (Å²) in [5.41, 5.74) is 17.4. The number of fused-ring (bicyclic) bond motifs is 2. The Bertz CT molecular complexity index is 2130. The SMILES string of the molecule is CCC(C)c1cc2c(-c3cc(C(C)(C)C)cc(C(C)(C)C)c3)c(C)ccc2[cH-]1.CCC(C)c1cc2c(-c3cc(C(C)(C)C)cc(C(C)(C)C)c3)c(C)ccc2[cH-]1.C[Si]C.[Cl][Zr+2][Cl]. The molecule has 0 aliphatic rings. The minimum absolute atomic E-state index is 0.131. The molecule has 0 bridgehead atoms. The van der Waals surface area contributed by atoms with Gasteiger partial charge in [-0.05, 0) is 80.7 Å². The van der Waals surface area contributed by atoms with E-state index in [4.69, 9.17) is 17.0 Å². The van der Waals surface area contributed by atoms with E-state index in [-0.39, 0.29) is 21.7 Å². The molecule has 0 amide bonds. The molecule has 0 saturated heterocycles. The monoisotopic (exact) mass is 964 g/mol. The van der Waals surface area contributed by atoms with Crippen LogP contribution in [0.25, 0.3) is 43.8 Å². The number of hydrogen-bond acceptors (Lipinski definition) is 0. The Morgan fingerprint density at radius 1 is 0.500 bits per heavy atom. The van der Waals surface area contributed by atoms with E-state index >= 15 is 0 Å². The van der Waals surface area contributed by atoms with Gasteiger partial charge in [0.15, 0.2) is 0 Å². The molecule has 0 spiro atoms. The summed E-state index contributed by atoms with van der Waals surface area (Å²) in [6.45, 7) is 45.8. The fourth-order valence-electron chi connectivity index (χ4n) is 7.91. The van der Waals surface area contributed by atoms with Gasteiger partial charge in [0.1, 0.15) is 0 Å². The Morgan fingerprint density at radius 2 is 0.758 bits per heavy atom. The van der Waals surface area contributed by atoms with Crippen molar-refractivity contribution in [1.29, 1.82) is 0 Å². The molecule has 6 rings (SSSR count). The second-order valence-electron chi connectivity index (χ2n) is 21.9. The maximum atomic E-state index is 4.93. The van der Waals surface area contributed by atoms with Crippen molar-refractivity contribution in [2.75, 3.05) is 0 Å². The molecule has 0 heterocycles. The summed E-state index contributed by atoms with van der Waals surface area (Å²) in [6, 6.07) is 33.3. The Morgan fingerprint density at radius 3 is 0.984 bits per heavy atom. The van der Waals surface area contributed by atoms with Gasteiger partial charge in [0.25, 0.3) is 0 Å². The van der Waals surface area contributed by atoms with E-state index in [0.717, 1.165) is 9.52 Å². The third kappa shape index (κ3) is 13.9. The van der Waals surface area contributed by atoms with Gasteiger partial charge in [-0.25, -0.2) is 0 Å². The molecule has 0 nitrogen and oxygen atoms in total. The molecule has 0 aliphatic carbocycles. The average molecular weight is 967 g/mol. The van der Waals surface area contributed by atoms with Gasteiger partial charge in [0.05, 0.1) is 0 Å². The fourth-order valence-corrected chi connectivity index (χ4v) is 7.91. The minimum atomic E-state index is -0.826. The van der Waals surface area contributed by atoms with Gasteiger partial charge in [0, 0.05) is 9.52 Å². The first-order chi connectivity index (χ1) is 28.7. The molecule has 334 valence electrons. The summed E-state index contributed by atoms with van der Waals surface area (Å²) in [6.07, 6.45) is 2.36. The maximum absolute atomic E-state index is 4.93. The fraction of sp³-hybridized carbons (Fsp3) is 0.483. The summed E-state index contributed by atoms with van der Waals surface area (Å²) in [4.78, 5) is 0. The average Bonchev–Trinajstić information content (AvgIpc) is 3.81. The molecule has 0 aliphatic heterocycles. The normalized spacial score (nSPS) is 13.0. The molecule has 6 aromatic carbocycles. The third-order valence-corrected chi connectivity index (χ3v) is 12.5. The number of aryl methyl sites for hydroxylation is 2. The number of halogens is 2. The molecule has 0 N–H and O–H groups in total. The Kier molecular flexibility index (Phi) is 19.5. The van der Waals surface area contributed by atoms with Crippen LogP contribution in [0.4, 0.5) is 0 Å². The molecular weight excluding hydrogens is 887 g/mol. The molecule has 2 radical (unpaired) electrons. The number of hydrogen-bond donors (Lipinski definition) is 0. The van der Waals surface area contributed by atoms with Crippen LogP contribution in [0, 0.1) is 13.8 Å². The summed E-state index contributed by atoms with van der Waals surface area (Å²) in [7, 11) is 11.0. The van der Waals surface area contributed by atoms with Gasteiger partial charge >= 0.3 is 37.9 Å². The number of benzene rings is 4. The van der Waals surface area contributed by atoms with Crippen LogP contribution in [0.1, 0.15) is 180 Å². The number of rotatable bonds is 6. The van der Waals surface area contributed by atoms with Crippen LogP contribution in [0.5, 0.6) is 0 Å². The molecule has 2 unspecified atom stereocenters. The molecule has 62 heavy (non-hydrogen) atoms. The molecule has 0 aromatic heterocycles. The van der Waals surface area contributed by atoms with Gasteiger partial charge < -0.3 is 0 Å². The van der Waals surface area contributed by atoms with Crippen molar-refractivity contribution in [2.24, 2.45) is 0 Å². The van der Waals surface area contributed by atoms with Gasteiger partial charge in [0.2, 0.25) is 0 Å². The van der Waals surface area contributed by atoms with Crippen LogP contribution in [-0.4, -0.2) is 9.52 Å². The quantitative estimate of drug-likeness (QED) is 0.115. The first kappa shape index (κ1) is 54.1. The van der Waals surface area contributed by atoms with E-state index in [9.17, 15) is 0 Å². The second kappa shape index (κ2) is 22.3. The Hall–Kier alpha value is -2.22. The van der Waals surface area contributed by atoms with E-state index in [1.54, 1.807) is 0 Å². The third-order valence-electron chi connectivity index (χ3n) is 12.5. The van der Waals surface area contributed by atoms with Crippen molar-refractivity contribution in [1.82, 2.24) is 0 Å². The molecule has 6 aromatic rings. The van der Waals surface area contributed by atoms with Crippen molar-refractivity contribution in [3.8, 4) is 22.3 Å². The van der Waals surface area contributed by atoms with Crippen molar-refractivity contribution in [3.05, 3.63) is 129 Å². The predicted octanol–water partition coefficient (Wildman–Crippen LogP) is 19.4. The van der Waals surface area contributed by atoms with Crippen LogP contribution in [0.3, 0.4) is 0 Å². The molecular formula is C58H80Cl2SiZr. The van der Waals surface area contributed by atoms with Crippen molar-refractivity contribution < 1.29 is 20.8 Å². The van der Waals surface area contributed by atoms with Crippen molar-refractivity contribution in [3.63, 3.8) is 0 Å².